The molecule has 0 fully saturated rings. The van der Waals surface area contributed by atoms with Gasteiger partial charge in [0.25, 0.3) is 0 Å². The highest BCUT2D eigenvalue weighted by Gasteiger charge is 2.33. The van der Waals surface area contributed by atoms with E-state index in [-0.39, 0.29) is 11.6 Å². The summed E-state index contributed by atoms with van der Waals surface area (Å²) in [6, 6.07) is 16.8. The van der Waals surface area contributed by atoms with Gasteiger partial charge in [0.1, 0.15) is 11.2 Å². The van der Waals surface area contributed by atoms with Crippen molar-refractivity contribution in [2.75, 3.05) is 0 Å². The van der Waals surface area contributed by atoms with Gasteiger partial charge >= 0.3 is 0 Å². The minimum Gasteiger partial charge on any atom is -0.382 e. The zero-order valence-electron chi connectivity index (χ0n) is 26.0. The molecule has 1 unspecified atom stereocenters. The zero-order chi connectivity index (χ0) is 29.9. The van der Waals surface area contributed by atoms with E-state index in [0.29, 0.717) is 24.0 Å². The Labute approximate surface area is 244 Å². The van der Waals surface area contributed by atoms with Crippen molar-refractivity contribution < 1.29 is 19.8 Å². The molecule has 0 aliphatic rings. The summed E-state index contributed by atoms with van der Waals surface area (Å²) in [7, 11) is 0. The third-order valence-electron chi connectivity index (χ3n) is 7.58. The molecule has 1 atom stereocenters. The average molecular weight is 553 g/mol. The fraction of sp³-hybridized carbons (Fsp3) is 0.611. The van der Waals surface area contributed by atoms with Gasteiger partial charge in [0, 0.05) is 11.1 Å². The molecular weight excluding hydrogens is 496 g/mol. The van der Waals surface area contributed by atoms with Crippen LogP contribution in [0.3, 0.4) is 0 Å². The summed E-state index contributed by atoms with van der Waals surface area (Å²) in [4.78, 5) is 24.1. The molecule has 2 N–H and O–H groups in total. The number of unbranched alkanes of at least 4 members (excludes halogenated alkanes) is 10. The van der Waals surface area contributed by atoms with E-state index in [9.17, 15) is 19.8 Å². The average Bonchev–Trinajstić information content (AvgIpc) is 2.96. The van der Waals surface area contributed by atoms with Gasteiger partial charge < -0.3 is 10.2 Å². The largest absolute Gasteiger partial charge is 0.382 e. The molecular formula is C36H56O4. The van der Waals surface area contributed by atoms with Crippen molar-refractivity contribution in [3.8, 4) is 0 Å². The van der Waals surface area contributed by atoms with Crippen LogP contribution >= 0.6 is 0 Å². The van der Waals surface area contributed by atoms with Gasteiger partial charge in [-0.3, -0.25) is 9.59 Å². The molecule has 0 aliphatic heterocycles. The molecule has 0 bridgehead atoms. The Kier molecular flexibility index (Phi) is 17.6. The topological polar surface area (TPSA) is 74.6 Å². The Hall–Kier alpha value is -2.30. The van der Waals surface area contributed by atoms with Gasteiger partial charge in [-0.1, -0.05) is 146 Å². The molecule has 0 aliphatic carbocycles. The second kappa shape index (κ2) is 19.7. The highest BCUT2D eigenvalue weighted by atomic mass is 16.3. The van der Waals surface area contributed by atoms with E-state index in [0.717, 1.165) is 19.3 Å². The van der Waals surface area contributed by atoms with Crippen molar-refractivity contribution in [1.82, 2.24) is 0 Å². The number of Topliss-reactive ketones (excluding diaryl/α,β-unsaturated/α-hetero) is 2. The summed E-state index contributed by atoms with van der Waals surface area (Å²) in [6.07, 6.45) is 17.5. The molecule has 2 aromatic rings. The van der Waals surface area contributed by atoms with Crippen LogP contribution < -0.4 is 0 Å². The SMILES string of the molecule is CCCCC(O)(CC)C(=O)c1ccccc1.CCCCCCCCCCCCc1ccc(C(=O)C(C)(C)O)cc1. The standard InChI is InChI=1S/C22H36O2.C14H20O2/c1-4-5-6-7-8-9-10-11-12-13-14-19-15-17-20(18-16-19)21(23)22(2,3)24;1-3-5-11-14(16,4-2)13(15)12-9-7-6-8-10-12/h15-18,24H,4-14H2,1-3H3;6-10,16H,3-5,11H2,1-2H3. The lowest BCUT2D eigenvalue weighted by atomic mass is 9.86. The van der Waals surface area contributed by atoms with Crippen LogP contribution in [0.25, 0.3) is 0 Å². The maximum absolute atomic E-state index is 12.2. The molecule has 4 heteroatoms. The lowest BCUT2D eigenvalue weighted by molar-refractivity contribution is 0.0240. The van der Waals surface area contributed by atoms with Crippen LogP contribution in [0.4, 0.5) is 0 Å². The van der Waals surface area contributed by atoms with Gasteiger partial charge in [-0.25, -0.2) is 0 Å². The summed E-state index contributed by atoms with van der Waals surface area (Å²) in [6.45, 7) is 9.25. The molecule has 0 aromatic heterocycles. The molecule has 4 nitrogen and oxygen atoms in total. The monoisotopic (exact) mass is 552 g/mol. The Bertz CT molecular complexity index is 943. The van der Waals surface area contributed by atoms with Gasteiger partial charge in [0.05, 0.1) is 0 Å². The van der Waals surface area contributed by atoms with Crippen molar-refractivity contribution >= 4 is 11.6 Å². The Morgan fingerprint density at radius 3 is 1.55 bits per heavy atom. The molecule has 0 saturated carbocycles. The van der Waals surface area contributed by atoms with E-state index < -0.39 is 11.2 Å². The number of carbonyl (C=O) groups is 2. The fourth-order valence-electron chi connectivity index (χ4n) is 4.77. The second-order valence-electron chi connectivity index (χ2n) is 11.7. The van der Waals surface area contributed by atoms with Crippen LogP contribution in [0.5, 0.6) is 0 Å². The molecule has 0 heterocycles. The maximum atomic E-state index is 12.2. The number of rotatable bonds is 19. The number of benzene rings is 2. The summed E-state index contributed by atoms with van der Waals surface area (Å²) in [5.41, 5.74) is -0.00534. The predicted octanol–water partition coefficient (Wildman–Crippen LogP) is 9.30. The van der Waals surface area contributed by atoms with Crippen LogP contribution in [0.2, 0.25) is 0 Å². The highest BCUT2D eigenvalue weighted by Crippen LogP contribution is 2.23. The van der Waals surface area contributed by atoms with Crippen LogP contribution in [0, 0.1) is 0 Å². The van der Waals surface area contributed by atoms with E-state index in [1.165, 1.54) is 83.6 Å². The lowest BCUT2D eigenvalue weighted by Crippen LogP contribution is -2.37. The summed E-state index contributed by atoms with van der Waals surface area (Å²) >= 11 is 0. The molecule has 0 radical (unpaired) electrons. The van der Waals surface area contributed by atoms with Crippen LogP contribution in [0.1, 0.15) is 151 Å². The number of aliphatic hydroxyl groups is 2. The van der Waals surface area contributed by atoms with Crippen molar-refractivity contribution in [2.45, 2.75) is 142 Å². The van der Waals surface area contributed by atoms with E-state index in [2.05, 4.69) is 13.8 Å². The van der Waals surface area contributed by atoms with Gasteiger partial charge in [0.15, 0.2) is 11.6 Å². The maximum Gasteiger partial charge on any atom is 0.194 e. The fourth-order valence-corrected chi connectivity index (χ4v) is 4.77. The van der Waals surface area contributed by atoms with Crippen molar-refractivity contribution in [3.05, 3.63) is 71.3 Å². The first-order valence-corrected chi connectivity index (χ1v) is 15.8. The first kappa shape index (κ1) is 35.7. The smallest absolute Gasteiger partial charge is 0.194 e. The molecule has 0 spiro atoms. The zero-order valence-corrected chi connectivity index (χ0v) is 26.0. The number of ketones is 2. The normalized spacial score (nSPS) is 12.8. The Morgan fingerprint density at radius 1 is 0.600 bits per heavy atom. The number of hydrogen-bond acceptors (Lipinski definition) is 4. The van der Waals surface area contributed by atoms with Crippen LogP contribution in [-0.2, 0) is 6.42 Å². The first-order valence-electron chi connectivity index (χ1n) is 15.8. The van der Waals surface area contributed by atoms with E-state index in [1.807, 2.05) is 49.4 Å². The first-order chi connectivity index (χ1) is 19.1. The highest BCUT2D eigenvalue weighted by molar-refractivity contribution is 6.02. The number of carbonyl (C=O) groups excluding carboxylic acids is 2. The van der Waals surface area contributed by atoms with Gasteiger partial charge in [-0.2, -0.15) is 0 Å². The van der Waals surface area contributed by atoms with Crippen LogP contribution in [-0.4, -0.2) is 33.0 Å². The lowest BCUT2D eigenvalue weighted by Gasteiger charge is -2.25. The quantitative estimate of drug-likeness (QED) is 0.134. The molecule has 0 saturated heterocycles. The molecule has 224 valence electrons. The minimum absolute atomic E-state index is 0.149. The Balaban J connectivity index is 0.000000433. The summed E-state index contributed by atoms with van der Waals surface area (Å²) < 4.78 is 0. The van der Waals surface area contributed by atoms with Crippen molar-refractivity contribution in [2.24, 2.45) is 0 Å². The van der Waals surface area contributed by atoms with Crippen LogP contribution in [0.15, 0.2) is 54.6 Å². The van der Waals surface area contributed by atoms with E-state index in [4.69, 9.17) is 0 Å². The molecule has 0 amide bonds. The molecule has 2 aromatic carbocycles. The van der Waals surface area contributed by atoms with E-state index >= 15 is 0 Å². The van der Waals surface area contributed by atoms with Gasteiger partial charge in [0.2, 0.25) is 0 Å². The second-order valence-corrected chi connectivity index (χ2v) is 11.7. The third-order valence-corrected chi connectivity index (χ3v) is 7.58. The molecule has 40 heavy (non-hydrogen) atoms. The third kappa shape index (κ3) is 13.9. The number of hydrogen-bond donors (Lipinski definition) is 2. The summed E-state index contributed by atoms with van der Waals surface area (Å²) in [5.74, 6) is -0.364. The van der Waals surface area contributed by atoms with Crippen molar-refractivity contribution in [1.29, 1.82) is 0 Å². The Morgan fingerprint density at radius 2 is 1.07 bits per heavy atom. The number of aryl methyl sites for hydroxylation is 1. The van der Waals surface area contributed by atoms with Crippen molar-refractivity contribution in [3.63, 3.8) is 0 Å². The predicted molar refractivity (Wildman–Crippen MR) is 168 cm³/mol. The minimum atomic E-state index is -1.29. The van der Waals surface area contributed by atoms with E-state index in [1.54, 1.807) is 12.1 Å². The van der Waals surface area contributed by atoms with Gasteiger partial charge in [-0.05, 0) is 45.1 Å². The van der Waals surface area contributed by atoms with Gasteiger partial charge in [-0.15, -0.1) is 0 Å². The molecule has 2 rings (SSSR count). The summed E-state index contributed by atoms with van der Waals surface area (Å²) in [5, 5.41) is 20.1.